The second-order valence-corrected chi connectivity index (χ2v) is 10.7. The third-order valence-electron chi connectivity index (χ3n) is 8.15. The molecule has 2 aromatic heterocycles. The van der Waals surface area contributed by atoms with Gasteiger partial charge in [-0.15, -0.1) is 5.92 Å². The van der Waals surface area contributed by atoms with Crippen LogP contribution >= 0.6 is 0 Å². The average Bonchev–Trinajstić information content (AvgIpc) is 3.57. The molecule has 8 nitrogen and oxygen atoms in total. The minimum Gasteiger partial charge on any atom is -0.481 e. The highest BCUT2D eigenvalue weighted by molar-refractivity contribution is 6.07. The first-order valence-corrected chi connectivity index (χ1v) is 12.7. The summed E-state index contributed by atoms with van der Waals surface area (Å²) in [7, 11) is 0. The number of nitrogens with one attached hydrogen (secondary N) is 1. The van der Waals surface area contributed by atoms with Crippen molar-refractivity contribution < 1.29 is 14.7 Å². The van der Waals surface area contributed by atoms with Crippen LogP contribution in [0.3, 0.4) is 0 Å². The van der Waals surface area contributed by atoms with E-state index < -0.39 is 5.97 Å². The smallest absolute Gasteiger partial charge is 0.306 e. The van der Waals surface area contributed by atoms with E-state index in [1.165, 1.54) is 12.8 Å². The first kappa shape index (κ1) is 22.7. The zero-order valence-corrected chi connectivity index (χ0v) is 20.5. The lowest BCUT2D eigenvalue weighted by Gasteiger charge is -2.56. The number of hydrogen-bond donors (Lipinski definition) is 2. The maximum atomic E-state index is 13.4. The molecule has 3 saturated carbocycles. The number of hydrogen-bond acceptors (Lipinski definition) is 5. The molecule has 0 aliphatic heterocycles. The highest BCUT2D eigenvalue weighted by Crippen LogP contribution is 2.58. The molecule has 2 N–H and O–H groups in total. The van der Waals surface area contributed by atoms with Gasteiger partial charge in [0, 0.05) is 29.1 Å². The Hall–Kier alpha value is -3.73. The molecular formula is C28H29N5O3. The zero-order chi connectivity index (χ0) is 25.0. The van der Waals surface area contributed by atoms with Crippen LogP contribution in [0.5, 0.6) is 0 Å². The Labute approximate surface area is 209 Å². The third kappa shape index (κ3) is 3.83. The fourth-order valence-corrected chi connectivity index (χ4v) is 6.01. The molecule has 3 aliphatic rings. The van der Waals surface area contributed by atoms with E-state index in [1.807, 2.05) is 36.1 Å². The summed E-state index contributed by atoms with van der Waals surface area (Å²) in [6.45, 7) is 3.80. The van der Waals surface area contributed by atoms with E-state index in [0.717, 1.165) is 40.7 Å². The molecule has 6 rings (SSSR count). The van der Waals surface area contributed by atoms with Gasteiger partial charge in [-0.05, 0) is 69.9 Å². The quantitative estimate of drug-likeness (QED) is 0.512. The van der Waals surface area contributed by atoms with E-state index in [4.69, 9.17) is 0 Å². The Morgan fingerprint density at radius 1 is 1.14 bits per heavy atom. The molecule has 3 aliphatic carbocycles. The van der Waals surface area contributed by atoms with Crippen molar-refractivity contribution >= 4 is 22.8 Å². The molecule has 1 amide bonds. The first-order valence-electron chi connectivity index (χ1n) is 12.7. The van der Waals surface area contributed by atoms with Crippen molar-refractivity contribution in [2.75, 3.05) is 0 Å². The molecule has 0 saturated heterocycles. The molecule has 1 spiro atoms. The van der Waals surface area contributed by atoms with E-state index in [2.05, 4.69) is 32.2 Å². The zero-order valence-electron chi connectivity index (χ0n) is 20.5. The topological polar surface area (TPSA) is 110 Å². The van der Waals surface area contributed by atoms with Gasteiger partial charge in [0.15, 0.2) is 0 Å². The van der Waals surface area contributed by atoms with Crippen LogP contribution in [-0.2, 0) is 4.79 Å². The third-order valence-corrected chi connectivity index (χ3v) is 8.15. The summed E-state index contributed by atoms with van der Waals surface area (Å²) in [4.78, 5) is 33.9. The molecule has 1 aromatic carbocycles. The number of amides is 1. The molecule has 8 heteroatoms. The van der Waals surface area contributed by atoms with Crippen molar-refractivity contribution in [3.8, 4) is 11.8 Å². The lowest BCUT2D eigenvalue weighted by molar-refractivity contribution is -0.155. The van der Waals surface area contributed by atoms with Gasteiger partial charge in [0.25, 0.3) is 5.91 Å². The number of carboxylic acids is 1. The first-order chi connectivity index (χ1) is 17.4. The van der Waals surface area contributed by atoms with Gasteiger partial charge < -0.3 is 10.4 Å². The largest absolute Gasteiger partial charge is 0.481 e. The van der Waals surface area contributed by atoms with Crippen LogP contribution in [0.15, 0.2) is 30.7 Å². The summed E-state index contributed by atoms with van der Waals surface area (Å²) in [5.74, 6) is 5.53. The number of benzene rings is 1. The Balaban J connectivity index is 1.27. The molecule has 3 aromatic rings. The minimum absolute atomic E-state index is 0.0621. The summed E-state index contributed by atoms with van der Waals surface area (Å²) in [5.41, 5.74) is 4.04. The highest BCUT2D eigenvalue weighted by Gasteiger charge is 2.55. The van der Waals surface area contributed by atoms with Crippen molar-refractivity contribution in [2.45, 2.75) is 70.4 Å². The maximum absolute atomic E-state index is 13.4. The molecule has 184 valence electrons. The predicted octanol–water partition coefficient (Wildman–Crippen LogP) is 4.06. The van der Waals surface area contributed by atoms with Crippen LogP contribution in [0.2, 0.25) is 0 Å². The summed E-state index contributed by atoms with van der Waals surface area (Å²) in [5, 5.41) is 17.8. The molecule has 0 unspecified atom stereocenters. The van der Waals surface area contributed by atoms with Gasteiger partial charge in [-0.25, -0.2) is 0 Å². The van der Waals surface area contributed by atoms with Gasteiger partial charge in [0.05, 0.1) is 46.8 Å². The number of rotatable bonds is 6. The Bertz CT molecular complexity index is 1410. The van der Waals surface area contributed by atoms with Gasteiger partial charge in [-0.3, -0.25) is 24.2 Å². The van der Waals surface area contributed by atoms with Crippen LogP contribution in [0.25, 0.3) is 10.9 Å². The number of carbonyl (C=O) groups excluding carboxylic acids is 1. The number of aliphatic carboxylic acids is 1. The summed E-state index contributed by atoms with van der Waals surface area (Å²) >= 11 is 0. The van der Waals surface area contributed by atoms with E-state index in [-0.39, 0.29) is 29.3 Å². The van der Waals surface area contributed by atoms with Gasteiger partial charge in [0.1, 0.15) is 0 Å². The van der Waals surface area contributed by atoms with Gasteiger partial charge >= 0.3 is 5.97 Å². The van der Waals surface area contributed by atoms with Crippen molar-refractivity contribution in [3.05, 3.63) is 53.2 Å². The number of fused-ring (bicyclic) bond motifs is 1. The number of carboxylic acid groups (broad SMARTS) is 1. The molecule has 3 fully saturated rings. The predicted molar refractivity (Wildman–Crippen MR) is 133 cm³/mol. The van der Waals surface area contributed by atoms with Crippen molar-refractivity contribution in [3.63, 3.8) is 0 Å². The SMILES string of the molecule is CC#Cc1ccc(C(=O)NC2CC3(C2)CC(C(=O)O)C3)c2c1cnn2[C@@H](C)c1cnc(C2CC2)cn1. The number of carbonyl (C=O) groups is 2. The summed E-state index contributed by atoms with van der Waals surface area (Å²) < 4.78 is 1.84. The standard InChI is InChI=1S/C28H29N5O3/c1-3-4-17-7-8-21(26(34)32-20-11-28(12-20)9-19(10-28)27(35)36)25-22(17)13-31-33(25)16(2)23-14-30-24(15-29-23)18-5-6-18/h7-8,13-16,18-20H,5-6,9-12H2,1-2H3,(H,32,34)(H,35,36)/t16-,19?,20?,28?/m0/s1. The van der Waals surface area contributed by atoms with Gasteiger partial charge in [0.2, 0.25) is 0 Å². The Morgan fingerprint density at radius 2 is 1.92 bits per heavy atom. The lowest BCUT2D eigenvalue weighted by Crippen LogP contribution is -2.57. The summed E-state index contributed by atoms with van der Waals surface area (Å²) in [6.07, 6.45) is 10.9. The highest BCUT2D eigenvalue weighted by atomic mass is 16.4. The Kier molecular flexibility index (Phi) is 5.32. The normalized spacial score (nSPS) is 25.4. The fraction of sp³-hybridized carbons (Fsp3) is 0.464. The summed E-state index contributed by atoms with van der Waals surface area (Å²) in [6, 6.07) is 3.55. The lowest BCUT2D eigenvalue weighted by atomic mass is 9.50. The molecule has 0 bridgehead atoms. The molecule has 2 heterocycles. The van der Waals surface area contributed by atoms with Crippen LogP contribution in [-0.4, -0.2) is 42.8 Å². The fourth-order valence-electron chi connectivity index (χ4n) is 6.01. The van der Waals surface area contributed by atoms with Crippen LogP contribution < -0.4 is 5.32 Å². The van der Waals surface area contributed by atoms with Gasteiger partial charge in [-0.1, -0.05) is 5.92 Å². The molecule has 36 heavy (non-hydrogen) atoms. The number of aromatic nitrogens is 4. The van der Waals surface area contributed by atoms with Crippen molar-refractivity contribution in [2.24, 2.45) is 11.3 Å². The number of nitrogens with zero attached hydrogens (tertiary/aromatic N) is 4. The van der Waals surface area contributed by atoms with Crippen LogP contribution in [0, 0.1) is 23.2 Å². The molecular weight excluding hydrogens is 454 g/mol. The molecule has 0 radical (unpaired) electrons. The van der Waals surface area contributed by atoms with Crippen LogP contribution in [0.4, 0.5) is 0 Å². The van der Waals surface area contributed by atoms with E-state index in [0.29, 0.717) is 24.3 Å². The monoisotopic (exact) mass is 483 g/mol. The van der Waals surface area contributed by atoms with E-state index >= 15 is 0 Å². The second-order valence-electron chi connectivity index (χ2n) is 10.7. The average molecular weight is 484 g/mol. The van der Waals surface area contributed by atoms with E-state index in [9.17, 15) is 14.7 Å². The van der Waals surface area contributed by atoms with Crippen molar-refractivity contribution in [1.29, 1.82) is 0 Å². The second kappa shape index (κ2) is 8.44. The Morgan fingerprint density at radius 3 is 2.56 bits per heavy atom. The molecule has 1 atom stereocenters. The minimum atomic E-state index is -0.708. The van der Waals surface area contributed by atoms with Crippen LogP contribution in [0.1, 0.15) is 91.6 Å². The van der Waals surface area contributed by atoms with Gasteiger partial charge in [-0.2, -0.15) is 5.10 Å². The van der Waals surface area contributed by atoms with Crippen molar-refractivity contribution in [1.82, 2.24) is 25.1 Å². The maximum Gasteiger partial charge on any atom is 0.306 e. The van der Waals surface area contributed by atoms with E-state index in [1.54, 1.807) is 13.1 Å².